The summed E-state index contributed by atoms with van der Waals surface area (Å²) in [5.41, 5.74) is 1.81. The highest BCUT2D eigenvalue weighted by molar-refractivity contribution is 7.14. The van der Waals surface area contributed by atoms with Gasteiger partial charge < -0.3 is 10.1 Å². The Bertz CT molecular complexity index is 551. The van der Waals surface area contributed by atoms with E-state index in [1.807, 2.05) is 36.6 Å². The highest BCUT2D eigenvalue weighted by Crippen LogP contribution is 2.27. The Morgan fingerprint density at radius 3 is 3.06 bits per heavy atom. The third kappa shape index (κ3) is 2.87. The van der Waals surface area contributed by atoms with E-state index in [2.05, 4.69) is 10.3 Å². The van der Waals surface area contributed by atoms with Gasteiger partial charge in [-0.3, -0.25) is 4.79 Å². The number of anilines is 1. The lowest BCUT2D eigenvalue weighted by Gasteiger charge is -2.01. The summed E-state index contributed by atoms with van der Waals surface area (Å²) in [6.45, 7) is 1.81. The fraction of sp³-hybridized carbons (Fsp3) is 0.231. The molecule has 0 bridgehead atoms. The largest absolute Gasteiger partial charge is 0.497 e. The van der Waals surface area contributed by atoms with Crippen LogP contribution in [0.1, 0.15) is 13.3 Å². The van der Waals surface area contributed by atoms with Crippen molar-refractivity contribution in [2.24, 2.45) is 0 Å². The second-order valence-corrected chi connectivity index (χ2v) is 4.53. The number of nitrogens with one attached hydrogen (secondary N) is 1. The third-order valence-corrected chi connectivity index (χ3v) is 3.19. The summed E-state index contributed by atoms with van der Waals surface area (Å²) in [5, 5.41) is 5.29. The van der Waals surface area contributed by atoms with Gasteiger partial charge in [-0.1, -0.05) is 19.1 Å². The van der Waals surface area contributed by atoms with E-state index in [-0.39, 0.29) is 5.91 Å². The summed E-state index contributed by atoms with van der Waals surface area (Å²) in [6, 6.07) is 7.68. The minimum Gasteiger partial charge on any atom is -0.497 e. The van der Waals surface area contributed by atoms with Gasteiger partial charge in [-0.2, -0.15) is 0 Å². The van der Waals surface area contributed by atoms with E-state index in [1.54, 1.807) is 7.11 Å². The van der Waals surface area contributed by atoms with Crippen molar-refractivity contribution < 1.29 is 9.53 Å². The van der Waals surface area contributed by atoms with Crippen molar-refractivity contribution in [3.63, 3.8) is 0 Å². The third-order valence-electron chi connectivity index (χ3n) is 2.44. The van der Waals surface area contributed by atoms with Gasteiger partial charge in [-0.25, -0.2) is 4.98 Å². The van der Waals surface area contributed by atoms with E-state index in [1.165, 1.54) is 11.3 Å². The molecule has 0 atom stereocenters. The van der Waals surface area contributed by atoms with Crippen LogP contribution in [0.5, 0.6) is 5.75 Å². The molecule has 1 heterocycles. The Hall–Kier alpha value is -1.88. The van der Waals surface area contributed by atoms with E-state index in [0.717, 1.165) is 17.0 Å². The minimum atomic E-state index is -0.0263. The van der Waals surface area contributed by atoms with Crippen molar-refractivity contribution in [2.75, 3.05) is 12.4 Å². The van der Waals surface area contributed by atoms with Crippen LogP contribution in [0.25, 0.3) is 11.3 Å². The number of hydrogen-bond donors (Lipinski definition) is 1. The number of carbonyl (C=O) groups is 1. The number of benzene rings is 1. The van der Waals surface area contributed by atoms with Crippen LogP contribution in [0, 0.1) is 0 Å². The van der Waals surface area contributed by atoms with Crippen LogP contribution >= 0.6 is 11.3 Å². The molecule has 1 aromatic heterocycles. The first-order valence-corrected chi connectivity index (χ1v) is 6.50. The van der Waals surface area contributed by atoms with Crippen molar-refractivity contribution >= 4 is 22.4 Å². The van der Waals surface area contributed by atoms with Crippen LogP contribution < -0.4 is 10.1 Å². The summed E-state index contributed by atoms with van der Waals surface area (Å²) in [4.78, 5) is 15.6. The van der Waals surface area contributed by atoms with Crippen LogP contribution in [0.15, 0.2) is 29.6 Å². The van der Waals surface area contributed by atoms with Crippen LogP contribution in [-0.4, -0.2) is 18.0 Å². The van der Waals surface area contributed by atoms with Crippen LogP contribution in [0.2, 0.25) is 0 Å². The second kappa shape index (κ2) is 5.64. The molecule has 0 fully saturated rings. The van der Waals surface area contributed by atoms with E-state index >= 15 is 0 Å². The molecule has 0 unspecified atom stereocenters. The monoisotopic (exact) mass is 262 g/mol. The van der Waals surface area contributed by atoms with Crippen molar-refractivity contribution in [3.05, 3.63) is 29.6 Å². The molecule has 4 nitrogen and oxygen atoms in total. The predicted molar refractivity (Wildman–Crippen MR) is 73.0 cm³/mol. The van der Waals surface area contributed by atoms with Gasteiger partial charge in [0, 0.05) is 17.4 Å². The van der Waals surface area contributed by atoms with E-state index < -0.39 is 0 Å². The number of thiazole rings is 1. The number of hydrogen-bond acceptors (Lipinski definition) is 4. The molecule has 0 saturated carbocycles. The lowest BCUT2D eigenvalue weighted by atomic mass is 10.2. The maximum Gasteiger partial charge on any atom is 0.225 e. The molecule has 1 amide bonds. The van der Waals surface area contributed by atoms with Gasteiger partial charge in [-0.15, -0.1) is 11.3 Å². The summed E-state index contributed by atoms with van der Waals surface area (Å²) in [7, 11) is 1.63. The molecule has 2 aromatic rings. The molecular formula is C13H14N2O2S. The summed E-state index contributed by atoms with van der Waals surface area (Å²) >= 11 is 1.42. The molecule has 0 spiro atoms. The van der Waals surface area contributed by atoms with E-state index in [9.17, 15) is 4.79 Å². The first-order chi connectivity index (χ1) is 8.72. The van der Waals surface area contributed by atoms with Gasteiger partial charge in [0.2, 0.25) is 5.91 Å². The Labute approximate surface area is 110 Å². The number of amides is 1. The zero-order chi connectivity index (χ0) is 13.0. The highest BCUT2D eigenvalue weighted by Gasteiger charge is 2.07. The van der Waals surface area contributed by atoms with Gasteiger partial charge in [0.15, 0.2) is 5.13 Å². The lowest BCUT2D eigenvalue weighted by molar-refractivity contribution is -0.115. The molecule has 94 valence electrons. The SMILES string of the molecule is CCC(=O)Nc1nc(-c2cccc(OC)c2)cs1. The zero-order valence-electron chi connectivity index (χ0n) is 10.3. The molecule has 1 N–H and O–H groups in total. The van der Waals surface area contributed by atoms with Crippen LogP contribution in [0.3, 0.4) is 0 Å². The molecular weight excluding hydrogens is 248 g/mol. The molecule has 2 rings (SSSR count). The number of aromatic nitrogens is 1. The fourth-order valence-electron chi connectivity index (χ4n) is 1.45. The lowest BCUT2D eigenvalue weighted by Crippen LogP contribution is -2.08. The molecule has 18 heavy (non-hydrogen) atoms. The van der Waals surface area contributed by atoms with Crippen molar-refractivity contribution in [1.29, 1.82) is 0 Å². The Balaban J connectivity index is 2.20. The maximum atomic E-state index is 11.3. The first kappa shape index (κ1) is 12.6. The van der Waals surface area contributed by atoms with E-state index in [4.69, 9.17) is 4.74 Å². The predicted octanol–water partition coefficient (Wildman–Crippen LogP) is 3.17. The van der Waals surface area contributed by atoms with Crippen LogP contribution in [-0.2, 0) is 4.79 Å². The van der Waals surface area contributed by atoms with Crippen molar-refractivity contribution in [2.45, 2.75) is 13.3 Å². The van der Waals surface area contributed by atoms with Crippen molar-refractivity contribution in [3.8, 4) is 17.0 Å². The van der Waals surface area contributed by atoms with Gasteiger partial charge in [-0.05, 0) is 12.1 Å². The number of methoxy groups -OCH3 is 1. The summed E-state index contributed by atoms with van der Waals surface area (Å²) in [5.74, 6) is 0.765. The molecule has 0 saturated heterocycles. The Kier molecular flexibility index (Phi) is 3.94. The summed E-state index contributed by atoms with van der Waals surface area (Å²) < 4.78 is 5.17. The maximum absolute atomic E-state index is 11.3. The number of carbonyl (C=O) groups excluding carboxylic acids is 1. The highest BCUT2D eigenvalue weighted by atomic mass is 32.1. The number of rotatable bonds is 4. The van der Waals surface area contributed by atoms with Gasteiger partial charge >= 0.3 is 0 Å². The molecule has 1 aromatic carbocycles. The Morgan fingerprint density at radius 1 is 1.50 bits per heavy atom. The smallest absolute Gasteiger partial charge is 0.225 e. The topological polar surface area (TPSA) is 51.2 Å². The summed E-state index contributed by atoms with van der Waals surface area (Å²) in [6.07, 6.45) is 0.452. The molecule has 0 radical (unpaired) electrons. The Morgan fingerprint density at radius 2 is 2.33 bits per heavy atom. The van der Waals surface area contributed by atoms with Gasteiger partial charge in [0.25, 0.3) is 0 Å². The second-order valence-electron chi connectivity index (χ2n) is 3.67. The van der Waals surface area contributed by atoms with Crippen molar-refractivity contribution in [1.82, 2.24) is 4.98 Å². The minimum absolute atomic E-state index is 0.0263. The standard InChI is InChI=1S/C13H14N2O2S/c1-3-12(16)15-13-14-11(8-18-13)9-5-4-6-10(7-9)17-2/h4-8H,3H2,1-2H3,(H,14,15,16). The quantitative estimate of drug-likeness (QED) is 0.920. The average Bonchev–Trinajstić information content (AvgIpc) is 2.87. The number of nitrogens with zero attached hydrogens (tertiary/aromatic N) is 1. The van der Waals surface area contributed by atoms with Crippen LogP contribution in [0.4, 0.5) is 5.13 Å². The molecule has 5 heteroatoms. The van der Waals surface area contributed by atoms with E-state index in [0.29, 0.717) is 11.6 Å². The zero-order valence-corrected chi connectivity index (χ0v) is 11.1. The number of ether oxygens (including phenoxy) is 1. The average molecular weight is 262 g/mol. The molecule has 0 aliphatic carbocycles. The first-order valence-electron chi connectivity index (χ1n) is 5.62. The molecule has 0 aliphatic rings. The van der Waals surface area contributed by atoms with Gasteiger partial charge in [0.1, 0.15) is 5.75 Å². The fourth-order valence-corrected chi connectivity index (χ4v) is 2.19. The normalized spacial score (nSPS) is 10.1. The molecule has 0 aliphatic heterocycles. The van der Waals surface area contributed by atoms with Gasteiger partial charge in [0.05, 0.1) is 12.8 Å².